The minimum absolute atomic E-state index is 0.729. The lowest BCUT2D eigenvalue weighted by Crippen LogP contribution is -1.77. The summed E-state index contributed by atoms with van der Waals surface area (Å²) in [6.45, 7) is 5.75. The van der Waals surface area contributed by atoms with Crippen LogP contribution in [0.1, 0.15) is 29.7 Å². The van der Waals surface area contributed by atoms with Crippen molar-refractivity contribution < 1.29 is 5.21 Å². The Labute approximate surface area is 117 Å². The fourth-order valence-corrected chi connectivity index (χ4v) is 1.94. The summed E-state index contributed by atoms with van der Waals surface area (Å²) < 4.78 is 0. The highest BCUT2D eigenvalue weighted by molar-refractivity contribution is 7.13. The maximum Gasteiger partial charge on any atom is 0.167 e. The summed E-state index contributed by atoms with van der Waals surface area (Å²) in [7, 11) is 0. The van der Waals surface area contributed by atoms with Gasteiger partial charge in [0.2, 0.25) is 0 Å². The Kier molecular flexibility index (Phi) is 7.00. The van der Waals surface area contributed by atoms with Gasteiger partial charge < -0.3 is 5.21 Å². The molecule has 1 rings (SSSR count). The van der Waals surface area contributed by atoms with Crippen molar-refractivity contribution in [2.24, 2.45) is 5.16 Å². The first-order chi connectivity index (χ1) is 9.30. The van der Waals surface area contributed by atoms with Crippen LogP contribution >= 0.6 is 11.3 Å². The lowest BCUT2D eigenvalue weighted by Gasteiger charge is -1.94. The fraction of sp³-hybridized carbons (Fsp3) is 0.200. The molecule has 3 nitrogen and oxygen atoms in total. The maximum absolute atomic E-state index is 8.39. The number of nitrogens with zero attached hydrogens (tertiary/aromatic N) is 2. The first-order valence-corrected chi connectivity index (χ1v) is 6.68. The van der Waals surface area contributed by atoms with E-state index < -0.39 is 0 Å². The van der Waals surface area contributed by atoms with Crippen LogP contribution in [-0.2, 0) is 0 Å². The largest absolute Gasteiger partial charge is 0.411 e. The second kappa shape index (κ2) is 8.90. The molecule has 0 spiro atoms. The van der Waals surface area contributed by atoms with Gasteiger partial charge in [-0.1, -0.05) is 42.0 Å². The van der Waals surface area contributed by atoms with Crippen molar-refractivity contribution in [1.29, 1.82) is 0 Å². The van der Waals surface area contributed by atoms with E-state index in [1.807, 2.05) is 31.2 Å². The van der Waals surface area contributed by atoms with Crippen molar-refractivity contribution >= 4 is 17.6 Å². The van der Waals surface area contributed by atoms with E-state index in [-0.39, 0.29) is 0 Å². The van der Waals surface area contributed by atoms with Crippen LogP contribution in [0, 0.1) is 11.8 Å². The summed E-state index contributed by atoms with van der Waals surface area (Å²) in [6.07, 6.45) is 12.5. The Morgan fingerprint density at radius 2 is 2.47 bits per heavy atom. The van der Waals surface area contributed by atoms with Crippen molar-refractivity contribution in [2.45, 2.75) is 19.8 Å². The van der Waals surface area contributed by atoms with E-state index in [1.165, 1.54) is 23.1 Å². The second-order valence-corrected chi connectivity index (χ2v) is 4.65. The number of hydrogen-bond donors (Lipinski definition) is 1. The van der Waals surface area contributed by atoms with Crippen LogP contribution in [0.4, 0.5) is 0 Å². The molecule has 0 amide bonds. The standard InChI is InChI=1S/C15H16N2OS/c1-3-5-8-13(4-2)9-6-7-10-15-16-11-14(19-15)12-17-18/h3-5,8,11-12,18H,2,6,9H2,1H3/b5-3-,13-8+,17-12+. The number of oxime groups is 1. The van der Waals surface area contributed by atoms with Crippen molar-refractivity contribution in [2.75, 3.05) is 0 Å². The predicted molar refractivity (Wildman–Crippen MR) is 80.7 cm³/mol. The van der Waals surface area contributed by atoms with Crippen LogP contribution in [-0.4, -0.2) is 16.4 Å². The molecule has 0 aromatic carbocycles. The zero-order valence-corrected chi connectivity index (χ0v) is 11.7. The molecule has 0 saturated heterocycles. The van der Waals surface area contributed by atoms with Gasteiger partial charge in [-0.15, -0.1) is 11.3 Å². The molecule has 19 heavy (non-hydrogen) atoms. The van der Waals surface area contributed by atoms with Gasteiger partial charge in [0, 0.05) is 12.6 Å². The highest BCUT2D eigenvalue weighted by atomic mass is 32.1. The molecule has 1 aromatic rings. The SMILES string of the molecule is C=C/C(=C\C=C/C)CCC#Cc1ncc(/C=N/O)s1. The Morgan fingerprint density at radius 1 is 1.63 bits per heavy atom. The smallest absolute Gasteiger partial charge is 0.167 e. The molecular weight excluding hydrogens is 256 g/mol. The molecule has 0 aliphatic rings. The highest BCUT2D eigenvalue weighted by Gasteiger charge is 1.95. The number of aromatic nitrogens is 1. The average molecular weight is 272 g/mol. The second-order valence-electron chi connectivity index (χ2n) is 3.59. The summed E-state index contributed by atoms with van der Waals surface area (Å²) in [5.41, 5.74) is 1.17. The molecule has 98 valence electrons. The zero-order valence-electron chi connectivity index (χ0n) is 10.8. The summed E-state index contributed by atoms with van der Waals surface area (Å²) in [6, 6.07) is 0. The average Bonchev–Trinajstić information content (AvgIpc) is 2.86. The molecule has 0 aliphatic heterocycles. The first-order valence-electron chi connectivity index (χ1n) is 5.86. The van der Waals surface area contributed by atoms with E-state index in [0.29, 0.717) is 0 Å². The molecule has 0 radical (unpaired) electrons. The van der Waals surface area contributed by atoms with Gasteiger partial charge >= 0.3 is 0 Å². The lowest BCUT2D eigenvalue weighted by atomic mass is 10.1. The summed E-state index contributed by atoms with van der Waals surface area (Å²) in [4.78, 5) is 4.90. The van der Waals surface area contributed by atoms with Crippen LogP contribution < -0.4 is 0 Å². The van der Waals surface area contributed by atoms with Crippen LogP contribution in [0.2, 0.25) is 0 Å². The van der Waals surface area contributed by atoms with Crippen LogP contribution in [0.5, 0.6) is 0 Å². The lowest BCUT2D eigenvalue weighted by molar-refractivity contribution is 0.322. The highest BCUT2D eigenvalue weighted by Crippen LogP contribution is 2.10. The normalized spacial score (nSPS) is 11.7. The molecule has 4 heteroatoms. The van der Waals surface area contributed by atoms with Crippen molar-refractivity contribution in [3.63, 3.8) is 0 Å². The van der Waals surface area contributed by atoms with Crippen molar-refractivity contribution in [3.05, 3.63) is 52.5 Å². The third-order valence-corrected chi connectivity index (χ3v) is 3.05. The van der Waals surface area contributed by atoms with Gasteiger partial charge in [0.15, 0.2) is 5.01 Å². The maximum atomic E-state index is 8.39. The molecule has 0 atom stereocenters. The van der Waals surface area contributed by atoms with Gasteiger partial charge in [0.25, 0.3) is 0 Å². The molecular formula is C15H16N2OS. The van der Waals surface area contributed by atoms with Crippen LogP contribution in [0.15, 0.2) is 47.8 Å². The van der Waals surface area contributed by atoms with Gasteiger partial charge in [-0.25, -0.2) is 4.98 Å². The van der Waals surface area contributed by atoms with Gasteiger partial charge in [-0.2, -0.15) is 0 Å². The summed E-state index contributed by atoms with van der Waals surface area (Å²) in [5.74, 6) is 6.07. The van der Waals surface area contributed by atoms with E-state index in [4.69, 9.17) is 5.21 Å². The molecule has 0 aliphatic carbocycles. The van der Waals surface area contributed by atoms with E-state index in [2.05, 4.69) is 28.6 Å². The molecule has 0 fully saturated rings. The molecule has 1 N–H and O–H groups in total. The third-order valence-electron chi connectivity index (χ3n) is 2.21. The Morgan fingerprint density at radius 3 is 3.16 bits per heavy atom. The van der Waals surface area contributed by atoms with Crippen LogP contribution in [0.3, 0.4) is 0 Å². The van der Waals surface area contributed by atoms with E-state index in [1.54, 1.807) is 6.20 Å². The van der Waals surface area contributed by atoms with Gasteiger partial charge in [-0.05, 0) is 24.8 Å². The first kappa shape index (κ1) is 14.9. The monoisotopic (exact) mass is 272 g/mol. The molecule has 0 unspecified atom stereocenters. The Balaban J connectivity index is 2.52. The Hall–Kier alpha value is -2.12. The number of hydrogen-bond acceptors (Lipinski definition) is 4. The minimum atomic E-state index is 0.729. The van der Waals surface area contributed by atoms with Gasteiger partial charge in [-0.3, -0.25) is 0 Å². The topological polar surface area (TPSA) is 45.5 Å². The predicted octanol–water partition coefficient (Wildman–Crippen LogP) is 3.77. The number of rotatable bonds is 5. The summed E-state index contributed by atoms with van der Waals surface area (Å²) in [5, 5.41) is 12.1. The van der Waals surface area contributed by atoms with Crippen molar-refractivity contribution in [3.8, 4) is 11.8 Å². The molecule has 1 aromatic heterocycles. The molecule has 0 saturated carbocycles. The minimum Gasteiger partial charge on any atom is -0.411 e. The molecule has 0 bridgehead atoms. The van der Waals surface area contributed by atoms with Gasteiger partial charge in [0.05, 0.1) is 11.1 Å². The van der Waals surface area contributed by atoms with E-state index in [9.17, 15) is 0 Å². The third kappa shape index (κ3) is 5.84. The van der Waals surface area contributed by atoms with E-state index in [0.717, 1.165) is 22.7 Å². The number of allylic oxidation sites excluding steroid dienone is 5. The Bertz CT molecular complexity index is 556. The summed E-state index contributed by atoms with van der Waals surface area (Å²) >= 11 is 1.40. The van der Waals surface area contributed by atoms with Crippen molar-refractivity contribution in [1.82, 2.24) is 4.98 Å². The zero-order chi connectivity index (χ0) is 13.9. The van der Waals surface area contributed by atoms with E-state index >= 15 is 0 Å². The van der Waals surface area contributed by atoms with Gasteiger partial charge in [0.1, 0.15) is 0 Å². The molecule has 1 heterocycles. The quantitative estimate of drug-likeness (QED) is 0.291. The van der Waals surface area contributed by atoms with Crippen LogP contribution in [0.25, 0.3) is 0 Å². The number of thiazole rings is 1. The fourth-order valence-electron chi connectivity index (χ4n) is 1.28.